The summed E-state index contributed by atoms with van der Waals surface area (Å²) in [5, 5.41) is 11.0. The van der Waals surface area contributed by atoms with E-state index in [4.69, 9.17) is 23.2 Å². The Labute approximate surface area is 121 Å². The van der Waals surface area contributed by atoms with E-state index in [-0.39, 0.29) is 6.42 Å². The summed E-state index contributed by atoms with van der Waals surface area (Å²) in [6.07, 6.45) is -0.685. The highest BCUT2D eigenvalue weighted by atomic mass is 35.5. The van der Waals surface area contributed by atoms with Gasteiger partial charge in [0.15, 0.2) is 0 Å². The minimum Gasteiger partial charge on any atom is -0.388 e. The summed E-state index contributed by atoms with van der Waals surface area (Å²) in [7, 11) is 0. The van der Waals surface area contributed by atoms with Gasteiger partial charge in [0.2, 0.25) is 0 Å². The standard InChI is InChI=1S/C15H13Cl2FO/c1-9-2-5-12(13(17)6-9)15(19)7-10-3-4-11(16)8-14(10)18/h2-6,8,15,19H,7H2,1H3. The summed E-state index contributed by atoms with van der Waals surface area (Å²) in [5.41, 5.74) is 2.02. The molecule has 4 heteroatoms. The van der Waals surface area contributed by atoms with Gasteiger partial charge in [-0.2, -0.15) is 0 Å². The van der Waals surface area contributed by atoms with Gasteiger partial charge in [0, 0.05) is 16.5 Å². The molecule has 1 N–H and O–H groups in total. The first kappa shape index (κ1) is 14.3. The van der Waals surface area contributed by atoms with Gasteiger partial charge in [-0.15, -0.1) is 0 Å². The second-order valence-corrected chi connectivity index (χ2v) is 5.32. The molecule has 0 spiro atoms. The summed E-state index contributed by atoms with van der Waals surface area (Å²) >= 11 is 11.8. The summed E-state index contributed by atoms with van der Waals surface area (Å²) < 4.78 is 13.7. The monoisotopic (exact) mass is 298 g/mol. The van der Waals surface area contributed by atoms with Crippen molar-refractivity contribution in [1.82, 2.24) is 0 Å². The Morgan fingerprint density at radius 3 is 2.53 bits per heavy atom. The minimum atomic E-state index is -0.844. The van der Waals surface area contributed by atoms with Gasteiger partial charge in [-0.05, 0) is 41.8 Å². The summed E-state index contributed by atoms with van der Waals surface area (Å²) in [6.45, 7) is 1.92. The molecule has 1 atom stereocenters. The van der Waals surface area contributed by atoms with Crippen molar-refractivity contribution in [2.24, 2.45) is 0 Å². The largest absolute Gasteiger partial charge is 0.388 e. The lowest BCUT2D eigenvalue weighted by Crippen LogP contribution is -2.04. The average Bonchev–Trinajstić information content (AvgIpc) is 2.32. The number of aliphatic hydroxyl groups is 1. The van der Waals surface area contributed by atoms with E-state index in [9.17, 15) is 9.50 Å². The van der Waals surface area contributed by atoms with Crippen molar-refractivity contribution in [3.8, 4) is 0 Å². The van der Waals surface area contributed by atoms with E-state index >= 15 is 0 Å². The predicted molar refractivity (Wildman–Crippen MR) is 76.3 cm³/mol. The molecule has 0 saturated heterocycles. The Morgan fingerprint density at radius 2 is 1.89 bits per heavy atom. The summed E-state index contributed by atoms with van der Waals surface area (Å²) in [4.78, 5) is 0. The van der Waals surface area contributed by atoms with Crippen LogP contribution in [0, 0.1) is 12.7 Å². The fraction of sp³-hybridized carbons (Fsp3) is 0.200. The van der Waals surface area contributed by atoms with E-state index in [1.165, 1.54) is 6.07 Å². The maximum absolute atomic E-state index is 13.7. The molecule has 2 aromatic carbocycles. The van der Waals surface area contributed by atoms with Gasteiger partial charge in [0.1, 0.15) is 5.82 Å². The lowest BCUT2D eigenvalue weighted by atomic mass is 10.00. The van der Waals surface area contributed by atoms with Crippen LogP contribution in [0.4, 0.5) is 4.39 Å². The molecular weight excluding hydrogens is 286 g/mol. The maximum atomic E-state index is 13.7. The van der Waals surface area contributed by atoms with Crippen molar-refractivity contribution in [2.45, 2.75) is 19.4 Å². The van der Waals surface area contributed by atoms with Crippen molar-refractivity contribution >= 4 is 23.2 Å². The second kappa shape index (κ2) is 5.91. The van der Waals surface area contributed by atoms with Crippen molar-refractivity contribution in [1.29, 1.82) is 0 Å². The van der Waals surface area contributed by atoms with Gasteiger partial charge in [0.25, 0.3) is 0 Å². The molecule has 0 amide bonds. The first-order chi connectivity index (χ1) is 8.97. The highest BCUT2D eigenvalue weighted by Gasteiger charge is 2.14. The lowest BCUT2D eigenvalue weighted by molar-refractivity contribution is 0.177. The molecule has 0 radical (unpaired) electrons. The first-order valence-corrected chi connectivity index (χ1v) is 6.61. The van der Waals surface area contributed by atoms with Crippen LogP contribution in [0.25, 0.3) is 0 Å². The Morgan fingerprint density at radius 1 is 1.16 bits per heavy atom. The zero-order valence-corrected chi connectivity index (χ0v) is 11.8. The Kier molecular flexibility index (Phi) is 4.46. The second-order valence-electron chi connectivity index (χ2n) is 4.48. The molecule has 1 nitrogen and oxygen atoms in total. The van der Waals surface area contributed by atoms with Gasteiger partial charge in [-0.25, -0.2) is 4.39 Å². The van der Waals surface area contributed by atoms with E-state index in [0.29, 0.717) is 21.2 Å². The molecule has 2 rings (SSSR count). The average molecular weight is 299 g/mol. The number of rotatable bonds is 3. The van der Waals surface area contributed by atoms with Crippen LogP contribution in [0.3, 0.4) is 0 Å². The van der Waals surface area contributed by atoms with Crippen molar-refractivity contribution in [3.05, 3.63) is 69.0 Å². The molecule has 0 aliphatic rings. The minimum absolute atomic E-state index is 0.159. The van der Waals surface area contributed by atoms with Crippen LogP contribution in [-0.4, -0.2) is 5.11 Å². The van der Waals surface area contributed by atoms with Crippen LogP contribution in [0.2, 0.25) is 10.0 Å². The van der Waals surface area contributed by atoms with Crippen LogP contribution in [0.5, 0.6) is 0 Å². The first-order valence-electron chi connectivity index (χ1n) is 5.85. The van der Waals surface area contributed by atoms with Crippen LogP contribution >= 0.6 is 23.2 Å². The van der Waals surface area contributed by atoms with Gasteiger partial charge in [-0.3, -0.25) is 0 Å². The van der Waals surface area contributed by atoms with Gasteiger partial charge < -0.3 is 5.11 Å². The highest BCUT2D eigenvalue weighted by Crippen LogP contribution is 2.28. The van der Waals surface area contributed by atoms with Gasteiger partial charge >= 0.3 is 0 Å². The lowest BCUT2D eigenvalue weighted by Gasteiger charge is -2.14. The Balaban J connectivity index is 2.23. The molecule has 19 heavy (non-hydrogen) atoms. The number of benzene rings is 2. The molecule has 100 valence electrons. The molecule has 0 fully saturated rings. The van der Waals surface area contributed by atoms with E-state index in [0.717, 1.165) is 5.56 Å². The number of hydrogen-bond donors (Lipinski definition) is 1. The van der Waals surface area contributed by atoms with Crippen LogP contribution in [0.1, 0.15) is 22.8 Å². The number of aryl methyl sites for hydroxylation is 1. The SMILES string of the molecule is Cc1ccc(C(O)Cc2ccc(Cl)cc2F)c(Cl)c1. The van der Waals surface area contributed by atoms with E-state index < -0.39 is 11.9 Å². The van der Waals surface area contributed by atoms with E-state index in [2.05, 4.69) is 0 Å². The van der Waals surface area contributed by atoms with Crippen LogP contribution in [-0.2, 0) is 6.42 Å². The maximum Gasteiger partial charge on any atom is 0.127 e. The van der Waals surface area contributed by atoms with Gasteiger partial charge in [0.05, 0.1) is 6.10 Å². The third kappa shape index (κ3) is 3.47. The van der Waals surface area contributed by atoms with E-state index in [1.807, 2.05) is 13.0 Å². The van der Waals surface area contributed by atoms with Crippen molar-refractivity contribution < 1.29 is 9.50 Å². The Hall–Kier alpha value is -1.09. The smallest absolute Gasteiger partial charge is 0.127 e. The van der Waals surface area contributed by atoms with Crippen LogP contribution < -0.4 is 0 Å². The highest BCUT2D eigenvalue weighted by molar-refractivity contribution is 6.31. The zero-order valence-electron chi connectivity index (χ0n) is 10.3. The molecule has 0 bridgehead atoms. The number of halogens is 3. The molecule has 0 saturated carbocycles. The fourth-order valence-electron chi connectivity index (χ4n) is 1.91. The third-order valence-electron chi connectivity index (χ3n) is 2.94. The molecule has 0 heterocycles. The third-order valence-corrected chi connectivity index (χ3v) is 3.51. The topological polar surface area (TPSA) is 20.2 Å². The predicted octanol–water partition coefficient (Wildman–Crippen LogP) is 4.72. The number of hydrogen-bond acceptors (Lipinski definition) is 1. The zero-order chi connectivity index (χ0) is 14.0. The van der Waals surface area contributed by atoms with Crippen molar-refractivity contribution in [3.63, 3.8) is 0 Å². The van der Waals surface area contributed by atoms with E-state index in [1.54, 1.807) is 24.3 Å². The van der Waals surface area contributed by atoms with Crippen molar-refractivity contribution in [2.75, 3.05) is 0 Å². The molecule has 0 aliphatic carbocycles. The normalized spacial score (nSPS) is 12.5. The molecule has 0 aromatic heterocycles. The summed E-state index contributed by atoms with van der Waals surface area (Å²) in [5.74, 6) is -0.421. The number of aliphatic hydroxyl groups excluding tert-OH is 1. The fourth-order valence-corrected chi connectivity index (χ4v) is 2.43. The molecular formula is C15H13Cl2FO. The molecule has 1 unspecified atom stereocenters. The molecule has 2 aromatic rings. The molecule has 0 aliphatic heterocycles. The van der Waals surface area contributed by atoms with Gasteiger partial charge in [-0.1, -0.05) is 41.4 Å². The Bertz CT molecular complexity index is 599. The summed E-state index contributed by atoms with van der Waals surface area (Å²) in [6, 6.07) is 9.81. The van der Waals surface area contributed by atoms with Crippen LogP contribution in [0.15, 0.2) is 36.4 Å². The quantitative estimate of drug-likeness (QED) is 0.869.